The number of hydrogen-bond acceptors (Lipinski definition) is 2. The Morgan fingerprint density at radius 3 is 2.62 bits per heavy atom. The van der Waals surface area contributed by atoms with Crippen LogP contribution in [0.1, 0.15) is 23.2 Å². The van der Waals surface area contributed by atoms with E-state index in [1.54, 1.807) is 0 Å². The SMILES string of the molecule is O=C(O)Cc1nc(F)c(CCl)cc1C(F)F. The molecular formula is C9H7ClF3NO2. The molecule has 0 aliphatic carbocycles. The molecule has 0 spiro atoms. The molecule has 16 heavy (non-hydrogen) atoms. The molecule has 1 rings (SSSR count). The first kappa shape index (κ1) is 12.8. The fourth-order valence-electron chi connectivity index (χ4n) is 1.15. The molecular weight excluding hydrogens is 247 g/mol. The van der Waals surface area contributed by atoms with Gasteiger partial charge in [0, 0.05) is 11.1 Å². The van der Waals surface area contributed by atoms with Crippen LogP contribution >= 0.6 is 11.6 Å². The van der Waals surface area contributed by atoms with Gasteiger partial charge in [-0.1, -0.05) is 0 Å². The second kappa shape index (κ2) is 5.16. The number of halogens is 4. The van der Waals surface area contributed by atoms with Crippen LogP contribution < -0.4 is 0 Å². The minimum absolute atomic E-state index is 0.175. The molecule has 0 radical (unpaired) electrons. The minimum Gasteiger partial charge on any atom is -0.481 e. The van der Waals surface area contributed by atoms with Crippen molar-refractivity contribution in [3.63, 3.8) is 0 Å². The Balaban J connectivity index is 3.24. The molecule has 1 heterocycles. The smallest absolute Gasteiger partial charge is 0.309 e. The summed E-state index contributed by atoms with van der Waals surface area (Å²) in [5.74, 6) is -2.67. The summed E-state index contributed by atoms with van der Waals surface area (Å²) in [7, 11) is 0. The van der Waals surface area contributed by atoms with Gasteiger partial charge in [-0.3, -0.25) is 4.79 Å². The number of rotatable bonds is 4. The summed E-state index contributed by atoms with van der Waals surface area (Å²) in [6.07, 6.45) is -3.66. The molecule has 3 nitrogen and oxygen atoms in total. The normalized spacial score (nSPS) is 10.8. The predicted octanol–water partition coefficient (Wildman–Crippen LogP) is 2.52. The zero-order chi connectivity index (χ0) is 12.3. The maximum absolute atomic E-state index is 13.1. The van der Waals surface area contributed by atoms with Crippen LogP contribution in [0.3, 0.4) is 0 Å². The van der Waals surface area contributed by atoms with Gasteiger partial charge in [0.25, 0.3) is 6.43 Å². The second-order valence-corrected chi connectivity index (χ2v) is 3.25. The van der Waals surface area contributed by atoms with E-state index in [0.717, 1.165) is 6.07 Å². The molecule has 0 bridgehead atoms. The molecule has 0 amide bonds. The van der Waals surface area contributed by atoms with Crippen LogP contribution in [0.15, 0.2) is 6.07 Å². The van der Waals surface area contributed by atoms with Crippen LogP contribution in [0, 0.1) is 5.95 Å². The van der Waals surface area contributed by atoms with E-state index < -0.39 is 36.0 Å². The standard InChI is InChI=1S/C9H7ClF3NO2/c10-3-4-1-5(8(11)12)6(2-7(15)16)14-9(4)13/h1,8H,2-3H2,(H,15,16). The highest BCUT2D eigenvalue weighted by Gasteiger charge is 2.19. The molecule has 0 aromatic carbocycles. The van der Waals surface area contributed by atoms with E-state index in [4.69, 9.17) is 16.7 Å². The fourth-order valence-corrected chi connectivity index (χ4v) is 1.34. The first-order valence-corrected chi connectivity index (χ1v) is 4.73. The molecule has 1 aromatic rings. The number of pyridine rings is 1. The van der Waals surface area contributed by atoms with Gasteiger partial charge in [0.1, 0.15) is 0 Å². The van der Waals surface area contributed by atoms with Crippen LogP contribution in [0.2, 0.25) is 0 Å². The van der Waals surface area contributed by atoms with Crippen molar-refractivity contribution in [2.45, 2.75) is 18.7 Å². The van der Waals surface area contributed by atoms with Gasteiger partial charge >= 0.3 is 5.97 Å². The molecule has 1 aromatic heterocycles. The van der Waals surface area contributed by atoms with Crippen molar-refractivity contribution in [3.05, 3.63) is 28.8 Å². The van der Waals surface area contributed by atoms with Gasteiger partial charge in [0.15, 0.2) is 0 Å². The third-order valence-electron chi connectivity index (χ3n) is 1.86. The highest BCUT2D eigenvalue weighted by Crippen LogP contribution is 2.25. The maximum Gasteiger partial charge on any atom is 0.309 e. The summed E-state index contributed by atoms with van der Waals surface area (Å²) in [5.41, 5.74) is -1.25. The van der Waals surface area contributed by atoms with Gasteiger partial charge in [0.05, 0.1) is 18.0 Å². The summed E-state index contributed by atoms with van der Waals surface area (Å²) in [4.78, 5) is 13.6. The van der Waals surface area contributed by atoms with Crippen molar-refractivity contribution < 1.29 is 23.1 Å². The monoisotopic (exact) mass is 253 g/mol. The molecule has 0 saturated heterocycles. The van der Waals surface area contributed by atoms with Gasteiger partial charge in [-0.2, -0.15) is 4.39 Å². The zero-order valence-corrected chi connectivity index (χ0v) is 8.64. The van der Waals surface area contributed by atoms with Crippen molar-refractivity contribution >= 4 is 17.6 Å². The van der Waals surface area contributed by atoms with Crippen molar-refractivity contribution in [2.75, 3.05) is 0 Å². The largest absolute Gasteiger partial charge is 0.481 e. The number of hydrogen-bond donors (Lipinski definition) is 1. The Bertz CT molecular complexity index is 412. The summed E-state index contributed by atoms with van der Waals surface area (Å²) in [5, 5.41) is 8.46. The molecule has 0 atom stereocenters. The second-order valence-electron chi connectivity index (χ2n) is 2.98. The first-order valence-electron chi connectivity index (χ1n) is 4.19. The first-order chi connectivity index (χ1) is 7.45. The summed E-state index contributed by atoms with van der Waals surface area (Å²) in [6, 6.07) is 0.846. The van der Waals surface area contributed by atoms with Crippen molar-refractivity contribution in [1.29, 1.82) is 0 Å². The van der Waals surface area contributed by atoms with Gasteiger partial charge in [-0.15, -0.1) is 11.6 Å². The maximum atomic E-state index is 13.1. The topological polar surface area (TPSA) is 50.2 Å². The number of nitrogens with zero attached hydrogens (tertiary/aromatic N) is 1. The van der Waals surface area contributed by atoms with Crippen molar-refractivity contribution in [3.8, 4) is 0 Å². The Morgan fingerprint density at radius 1 is 1.56 bits per heavy atom. The highest BCUT2D eigenvalue weighted by atomic mass is 35.5. The van der Waals surface area contributed by atoms with E-state index in [9.17, 15) is 18.0 Å². The average Bonchev–Trinajstić information content (AvgIpc) is 2.16. The third kappa shape index (κ3) is 2.85. The summed E-state index contributed by atoms with van der Waals surface area (Å²) in [6.45, 7) is 0. The van der Waals surface area contributed by atoms with Gasteiger partial charge in [-0.05, 0) is 6.07 Å². The molecule has 0 unspecified atom stereocenters. The van der Waals surface area contributed by atoms with Crippen molar-refractivity contribution in [1.82, 2.24) is 4.98 Å². The molecule has 1 N–H and O–H groups in total. The van der Waals surface area contributed by atoms with Gasteiger partial charge in [0.2, 0.25) is 5.95 Å². The molecule has 0 saturated carbocycles. The lowest BCUT2D eigenvalue weighted by Crippen LogP contribution is -2.09. The van der Waals surface area contributed by atoms with E-state index in [-0.39, 0.29) is 11.4 Å². The van der Waals surface area contributed by atoms with Crippen molar-refractivity contribution in [2.24, 2.45) is 0 Å². The van der Waals surface area contributed by atoms with Crippen LogP contribution in [0.25, 0.3) is 0 Å². The van der Waals surface area contributed by atoms with Crippen LogP contribution in [-0.2, 0) is 17.1 Å². The van der Waals surface area contributed by atoms with E-state index in [2.05, 4.69) is 4.98 Å². The third-order valence-corrected chi connectivity index (χ3v) is 2.15. The number of aromatic nitrogens is 1. The van der Waals surface area contributed by atoms with Crippen LogP contribution in [0.4, 0.5) is 13.2 Å². The summed E-state index contributed by atoms with van der Waals surface area (Å²) >= 11 is 5.33. The minimum atomic E-state index is -2.91. The van der Waals surface area contributed by atoms with Gasteiger partial charge in [-0.25, -0.2) is 13.8 Å². The summed E-state index contributed by atoms with van der Waals surface area (Å²) < 4.78 is 38.2. The van der Waals surface area contributed by atoms with Gasteiger partial charge < -0.3 is 5.11 Å². The molecule has 7 heteroatoms. The Labute approximate surface area is 93.9 Å². The molecule has 0 fully saturated rings. The Kier molecular flexibility index (Phi) is 4.12. The number of alkyl halides is 3. The van der Waals surface area contributed by atoms with Crippen LogP contribution in [0.5, 0.6) is 0 Å². The lowest BCUT2D eigenvalue weighted by molar-refractivity contribution is -0.136. The number of carbonyl (C=O) groups is 1. The molecule has 88 valence electrons. The predicted molar refractivity (Wildman–Crippen MR) is 50.0 cm³/mol. The lowest BCUT2D eigenvalue weighted by atomic mass is 10.1. The zero-order valence-electron chi connectivity index (χ0n) is 7.88. The fraction of sp³-hybridized carbons (Fsp3) is 0.333. The molecule has 0 aliphatic heterocycles. The number of carboxylic acids is 1. The number of carboxylic acid groups (broad SMARTS) is 1. The Hall–Kier alpha value is -1.30. The average molecular weight is 254 g/mol. The van der Waals surface area contributed by atoms with E-state index in [1.165, 1.54) is 0 Å². The Morgan fingerprint density at radius 2 is 2.19 bits per heavy atom. The van der Waals surface area contributed by atoms with E-state index in [0.29, 0.717) is 0 Å². The number of aliphatic carboxylic acids is 1. The quantitative estimate of drug-likeness (QED) is 0.663. The van der Waals surface area contributed by atoms with E-state index >= 15 is 0 Å². The highest BCUT2D eigenvalue weighted by molar-refractivity contribution is 6.17. The molecule has 0 aliphatic rings. The lowest BCUT2D eigenvalue weighted by Gasteiger charge is -2.08. The van der Waals surface area contributed by atoms with Crippen LogP contribution in [-0.4, -0.2) is 16.1 Å². The van der Waals surface area contributed by atoms with E-state index in [1.807, 2.05) is 0 Å².